The Morgan fingerprint density at radius 2 is 2.11 bits per heavy atom. The number of hydrogen-bond acceptors (Lipinski definition) is 2. The molecule has 0 aromatic carbocycles. The van der Waals surface area contributed by atoms with Crippen molar-refractivity contribution in [3.8, 4) is 0 Å². The topological polar surface area (TPSA) is 30.7 Å². The summed E-state index contributed by atoms with van der Waals surface area (Å²) in [6, 6.07) is 2.08. The van der Waals surface area contributed by atoms with Crippen LogP contribution in [0.25, 0.3) is 11.2 Å². The third-order valence-corrected chi connectivity index (χ3v) is 3.54. The molecule has 0 spiro atoms. The van der Waals surface area contributed by atoms with Crippen LogP contribution in [0.15, 0.2) is 12.3 Å². The second-order valence-electron chi connectivity index (χ2n) is 5.15. The van der Waals surface area contributed by atoms with Crippen molar-refractivity contribution in [2.75, 3.05) is 0 Å². The maximum Gasteiger partial charge on any atom is 0.160 e. The number of rotatable bonds is 6. The van der Waals surface area contributed by atoms with Crippen LogP contribution in [-0.2, 0) is 6.54 Å². The number of pyridine rings is 1. The van der Waals surface area contributed by atoms with Crippen LogP contribution < -0.4 is 0 Å². The van der Waals surface area contributed by atoms with E-state index in [1.807, 2.05) is 20.0 Å². The van der Waals surface area contributed by atoms with E-state index in [1.165, 1.54) is 19.3 Å². The highest BCUT2D eigenvalue weighted by Crippen LogP contribution is 2.24. The Kier molecular flexibility index (Phi) is 4.81. The summed E-state index contributed by atoms with van der Waals surface area (Å²) in [7, 11) is 0. The normalized spacial score (nSPS) is 13.1. The van der Waals surface area contributed by atoms with Gasteiger partial charge in [0.15, 0.2) is 5.65 Å². The Labute approximate surface area is 120 Å². The Morgan fingerprint density at radius 1 is 1.32 bits per heavy atom. The van der Waals surface area contributed by atoms with Crippen LogP contribution in [0.3, 0.4) is 0 Å². The Balaban J connectivity index is 2.30. The maximum atomic E-state index is 6.25. The van der Waals surface area contributed by atoms with E-state index in [2.05, 4.69) is 27.5 Å². The molecule has 0 N–H and O–H groups in total. The number of nitrogens with zero attached hydrogens (tertiary/aromatic N) is 3. The molecule has 1 atom stereocenters. The highest BCUT2D eigenvalue weighted by atomic mass is 35.5. The van der Waals surface area contributed by atoms with Gasteiger partial charge in [0.2, 0.25) is 0 Å². The van der Waals surface area contributed by atoms with E-state index >= 15 is 0 Å². The molecule has 2 rings (SSSR count). The Morgan fingerprint density at radius 3 is 2.79 bits per heavy atom. The molecule has 2 heterocycles. The van der Waals surface area contributed by atoms with Crippen molar-refractivity contribution < 1.29 is 0 Å². The molecule has 0 fully saturated rings. The summed E-state index contributed by atoms with van der Waals surface area (Å²) in [5.74, 6) is 0.936. The number of aromatic nitrogens is 3. The number of halogens is 1. The van der Waals surface area contributed by atoms with Gasteiger partial charge in [-0.1, -0.05) is 26.2 Å². The predicted octanol–water partition coefficient (Wildman–Crippen LogP) is 4.62. The minimum atomic E-state index is -0.0827. The highest BCUT2D eigenvalue weighted by molar-refractivity contribution is 6.20. The zero-order valence-electron chi connectivity index (χ0n) is 12.0. The minimum Gasteiger partial charge on any atom is -0.311 e. The van der Waals surface area contributed by atoms with E-state index in [0.717, 1.165) is 35.5 Å². The van der Waals surface area contributed by atoms with Crippen molar-refractivity contribution in [2.45, 2.75) is 58.4 Å². The molecule has 0 aliphatic carbocycles. The van der Waals surface area contributed by atoms with Crippen molar-refractivity contribution in [1.82, 2.24) is 14.5 Å². The van der Waals surface area contributed by atoms with Crippen LogP contribution in [0.4, 0.5) is 0 Å². The summed E-state index contributed by atoms with van der Waals surface area (Å²) in [5.41, 5.74) is 3.06. The number of unbranched alkanes of at least 4 members (excludes halogenated alkanes) is 3. The third-order valence-electron chi connectivity index (χ3n) is 3.34. The van der Waals surface area contributed by atoms with E-state index in [-0.39, 0.29) is 5.38 Å². The lowest BCUT2D eigenvalue weighted by atomic mass is 10.2. The fraction of sp³-hybridized carbons (Fsp3) is 0.600. The predicted molar refractivity (Wildman–Crippen MR) is 80.7 cm³/mol. The first-order valence-corrected chi connectivity index (χ1v) is 7.54. The van der Waals surface area contributed by atoms with Gasteiger partial charge in [0.1, 0.15) is 11.3 Å². The molecule has 3 nitrogen and oxygen atoms in total. The molecule has 0 saturated heterocycles. The molecule has 0 bridgehead atoms. The molecule has 19 heavy (non-hydrogen) atoms. The van der Waals surface area contributed by atoms with Gasteiger partial charge in [0.25, 0.3) is 0 Å². The summed E-state index contributed by atoms with van der Waals surface area (Å²) >= 11 is 6.25. The summed E-state index contributed by atoms with van der Waals surface area (Å²) in [6.45, 7) is 7.19. The number of aryl methyl sites for hydroxylation is 2. The van der Waals surface area contributed by atoms with E-state index in [1.54, 1.807) is 0 Å². The molecule has 0 aliphatic rings. The number of imidazole rings is 1. The standard InChI is InChI=1S/C15H22ClN3/c1-4-5-6-7-8-19-14(12(3)16)18-13-9-11(2)10-17-15(13)19/h9-10,12H,4-8H2,1-3H3. The Bertz CT molecular complexity index is 546. The molecule has 4 heteroatoms. The van der Waals surface area contributed by atoms with Crippen molar-refractivity contribution in [2.24, 2.45) is 0 Å². The van der Waals surface area contributed by atoms with Crippen LogP contribution in [0.5, 0.6) is 0 Å². The summed E-state index contributed by atoms with van der Waals surface area (Å²) in [5, 5.41) is -0.0827. The van der Waals surface area contributed by atoms with Crippen LogP contribution in [-0.4, -0.2) is 14.5 Å². The molecular weight excluding hydrogens is 258 g/mol. The molecule has 0 saturated carbocycles. The van der Waals surface area contributed by atoms with Crippen molar-refractivity contribution in [3.63, 3.8) is 0 Å². The first-order chi connectivity index (χ1) is 9.13. The molecule has 2 aromatic rings. The van der Waals surface area contributed by atoms with E-state index < -0.39 is 0 Å². The van der Waals surface area contributed by atoms with Gasteiger partial charge < -0.3 is 4.57 Å². The summed E-state index contributed by atoms with van der Waals surface area (Å²) < 4.78 is 2.18. The lowest BCUT2D eigenvalue weighted by molar-refractivity contribution is 0.572. The van der Waals surface area contributed by atoms with Crippen LogP contribution >= 0.6 is 11.6 Å². The average molecular weight is 280 g/mol. The van der Waals surface area contributed by atoms with E-state index in [0.29, 0.717) is 0 Å². The van der Waals surface area contributed by atoms with E-state index in [4.69, 9.17) is 11.6 Å². The SMILES string of the molecule is CCCCCCn1c(C(C)Cl)nc2cc(C)cnc21. The van der Waals surface area contributed by atoms with Crippen LogP contribution in [0.2, 0.25) is 0 Å². The number of fused-ring (bicyclic) bond motifs is 1. The molecular formula is C15H22ClN3. The number of hydrogen-bond donors (Lipinski definition) is 0. The molecule has 1 unspecified atom stereocenters. The Hall–Kier alpha value is -1.09. The molecule has 0 amide bonds. The largest absolute Gasteiger partial charge is 0.311 e. The fourth-order valence-corrected chi connectivity index (χ4v) is 2.52. The van der Waals surface area contributed by atoms with Crippen LogP contribution in [0, 0.1) is 6.92 Å². The first kappa shape index (κ1) is 14.3. The minimum absolute atomic E-state index is 0.0827. The van der Waals surface area contributed by atoms with Crippen LogP contribution in [0.1, 0.15) is 56.3 Å². The molecule has 0 aliphatic heterocycles. The summed E-state index contributed by atoms with van der Waals surface area (Å²) in [4.78, 5) is 9.16. The molecule has 0 radical (unpaired) electrons. The monoisotopic (exact) mass is 279 g/mol. The van der Waals surface area contributed by atoms with Crippen molar-refractivity contribution in [3.05, 3.63) is 23.7 Å². The highest BCUT2D eigenvalue weighted by Gasteiger charge is 2.15. The van der Waals surface area contributed by atoms with Gasteiger partial charge in [-0.3, -0.25) is 0 Å². The average Bonchev–Trinajstić information content (AvgIpc) is 2.72. The molecule has 2 aromatic heterocycles. The van der Waals surface area contributed by atoms with Gasteiger partial charge in [-0.25, -0.2) is 9.97 Å². The maximum absolute atomic E-state index is 6.25. The zero-order chi connectivity index (χ0) is 13.8. The first-order valence-electron chi connectivity index (χ1n) is 7.10. The number of alkyl halides is 1. The van der Waals surface area contributed by atoms with Crippen molar-refractivity contribution >= 4 is 22.8 Å². The third kappa shape index (κ3) is 3.27. The lowest BCUT2D eigenvalue weighted by Crippen LogP contribution is -2.05. The fourth-order valence-electron chi connectivity index (χ4n) is 2.35. The summed E-state index contributed by atoms with van der Waals surface area (Å²) in [6.07, 6.45) is 6.84. The second-order valence-corrected chi connectivity index (χ2v) is 5.81. The van der Waals surface area contributed by atoms with Gasteiger partial charge in [-0.2, -0.15) is 0 Å². The zero-order valence-corrected chi connectivity index (χ0v) is 12.7. The van der Waals surface area contributed by atoms with Gasteiger partial charge in [0, 0.05) is 12.7 Å². The van der Waals surface area contributed by atoms with E-state index in [9.17, 15) is 0 Å². The lowest BCUT2D eigenvalue weighted by Gasteiger charge is -2.09. The van der Waals surface area contributed by atoms with Gasteiger partial charge in [-0.15, -0.1) is 11.6 Å². The second kappa shape index (κ2) is 6.38. The van der Waals surface area contributed by atoms with Gasteiger partial charge in [0.05, 0.1) is 5.38 Å². The van der Waals surface area contributed by atoms with Gasteiger partial charge in [-0.05, 0) is 31.9 Å². The van der Waals surface area contributed by atoms with Gasteiger partial charge >= 0.3 is 0 Å². The quantitative estimate of drug-likeness (QED) is 0.571. The van der Waals surface area contributed by atoms with Crippen molar-refractivity contribution in [1.29, 1.82) is 0 Å². The molecule has 104 valence electrons. The smallest absolute Gasteiger partial charge is 0.160 e.